The summed E-state index contributed by atoms with van der Waals surface area (Å²) in [6, 6.07) is 6.66. The monoisotopic (exact) mass is 446 g/mol. The number of benzene rings is 1. The zero-order chi connectivity index (χ0) is 21.6. The van der Waals surface area contributed by atoms with Crippen LogP contribution in [0.5, 0.6) is 11.5 Å². The maximum Gasteiger partial charge on any atom is 0.271 e. The van der Waals surface area contributed by atoms with Gasteiger partial charge in [0.2, 0.25) is 10.0 Å². The molecule has 0 spiro atoms. The third kappa shape index (κ3) is 3.67. The van der Waals surface area contributed by atoms with E-state index in [1.165, 1.54) is 4.31 Å². The van der Waals surface area contributed by atoms with E-state index in [-0.39, 0.29) is 16.7 Å². The van der Waals surface area contributed by atoms with Crippen molar-refractivity contribution in [3.05, 3.63) is 35.7 Å². The molecular formula is C21H26N4O5S. The van der Waals surface area contributed by atoms with Crippen LogP contribution in [-0.2, 0) is 16.6 Å². The highest BCUT2D eigenvalue weighted by Crippen LogP contribution is 2.35. The van der Waals surface area contributed by atoms with Gasteiger partial charge in [0.15, 0.2) is 11.5 Å². The van der Waals surface area contributed by atoms with Gasteiger partial charge in [0.25, 0.3) is 5.91 Å². The Morgan fingerprint density at radius 2 is 1.74 bits per heavy atom. The van der Waals surface area contributed by atoms with Crippen LogP contribution in [0.1, 0.15) is 41.4 Å². The smallest absolute Gasteiger partial charge is 0.271 e. The number of nitrogens with zero attached hydrogens (tertiary/aromatic N) is 4. The predicted octanol–water partition coefficient (Wildman–Crippen LogP) is 1.70. The average Bonchev–Trinajstić information content (AvgIpc) is 3.17. The minimum Gasteiger partial charge on any atom is -0.486 e. The van der Waals surface area contributed by atoms with Crippen LogP contribution in [0.3, 0.4) is 0 Å². The number of carbonyl (C=O) groups excluding carboxylic acids is 1. The lowest BCUT2D eigenvalue weighted by molar-refractivity contribution is 0.0796. The highest BCUT2D eigenvalue weighted by atomic mass is 32.2. The zero-order valence-electron chi connectivity index (χ0n) is 17.5. The second-order valence-corrected chi connectivity index (χ2v) is 10.2. The third-order valence-electron chi connectivity index (χ3n) is 6.25. The van der Waals surface area contributed by atoms with Gasteiger partial charge in [-0.2, -0.15) is 9.40 Å². The molecular weight excluding hydrogens is 420 g/mol. The van der Waals surface area contributed by atoms with Crippen molar-refractivity contribution in [2.24, 2.45) is 0 Å². The van der Waals surface area contributed by atoms with Crippen LogP contribution in [-0.4, -0.2) is 73.2 Å². The molecule has 5 rings (SSSR count). The van der Waals surface area contributed by atoms with Crippen molar-refractivity contribution in [2.75, 3.05) is 39.9 Å². The molecule has 0 saturated carbocycles. The lowest BCUT2D eigenvalue weighted by Gasteiger charge is -2.30. The Balaban J connectivity index is 1.30. The van der Waals surface area contributed by atoms with Crippen LogP contribution in [0, 0.1) is 0 Å². The van der Waals surface area contributed by atoms with Crippen molar-refractivity contribution >= 4 is 15.9 Å². The summed E-state index contributed by atoms with van der Waals surface area (Å²) >= 11 is 0. The second-order valence-electron chi connectivity index (χ2n) is 8.24. The molecule has 2 aromatic rings. The topological polar surface area (TPSA) is 94.0 Å². The number of ether oxygens (including phenoxy) is 2. The number of aromatic nitrogens is 2. The van der Waals surface area contributed by atoms with E-state index in [1.54, 1.807) is 27.8 Å². The number of hydrogen-bond donors (Lipinski definition) is 0. The Hall–Kier alpha value is -2.59. The summed E-state index contributed by atoms with van der Waals surface area (Å²) in [6.07, 6.45) is 2.22. The second kappa shape index (κ2) is 7.83. The van der Waals surface area contributed by atoms with Crippen molar-refractivity contribution in [1.29, 1.82) is 0 Å². The van der Waals surface area contributed by atoms with Crippen LogP contribution in [0.15, 0.2) is 29.2 Å². The maximum absolute atomic E-state index is 13.2. The first kappa shape index (κ1) is 20.3. The van der Waals surface area contributed by atoms with Crippen LogP contribution < -0.4 is 9.47 Å². The third-order valence-corrected chi connectivity index (χ3v) is 8.15. The molecule has 0 N–H and O–H groups in total. The Bertz CT molecular complexity index is 1100. The molecule has 1 aromatic heterocycles. The summed E-state index contributed by atoms with van der Waals surface area (Å²) in [4.78, 5) is 14.5. The van der Waals surface area contributed by atoms with E-state index >= 15 is 0 Å². The first-order valence-corrected chi connectivity index (χ1v) is 12.1. The Labute approximate surface area is 181 Å². The molecule has 3 aliphatic heterocycles. The van der Waals surface area contributed by atoms with Gasteiger partial charge in [-0.05, 0) is 37.5 Å². The first-order valence-electron chi connectivity index (χ1n) is 10.7. The van der Waals surface area contributed by atoms with Crippen molar-refractivity contribution in [1.82, 2.24) is 19.0 Å². The van der Waals surface area contributed by atoms with Crippen molar-refractivity contribution < 1.29 is 22.7 Å². The molecule has 1 saturated heterocycles. The lowest BCUT2D eigenvalue weighted by atomic mass is 9.94. The van der Waals surface area contributed by atoms with Crippen LogP contribution in [0.2, 0.25) is 0 Å². The minimum absolute atomic E-state index is 0.00475. The molecule has 1 amide bonds. The molecule has 31 heavy (non-hydrogen) atoms. The Morgan fingerprint density at radius 1 is 1.00 bits per heavy atom. The highest BCUT2D eigenvalue weighted by Gasteiger charge is 2.33. The normalized spacial score (nSPS) is 20.4. The van der Waals surface area contributed by atoms with Crippen LogP contribution >= 0.6 is 0 Å². The lowest BCUT2D eigenvalue weighted by Crippen LogP contribution is -2.38. The van der Waals surface area contributed by atoms with Crippen molar-refractivity contribution in [2.45, 2.75) is 36.6 Å². The molecule has 0 atom stereocenters. The quantitative estimate of drug-likeness (QED) is 0.712. The molecule has 10 heteroatoms. The van der Waals surface area contributed by atoms with E-state index in [2.05, 4.69) is 5.10 Å². The summed E-state index contributed by atoms with van der Waals surface area (Å²) < 4.78 is 40.7. The van der Waals surface area contributed by atoms with E-state index < -0.39 is 10.0 Å². The summed E-state index contributed by atoms with van der Waals surface area (Å²) in [5.41, 5.74) is 1.51. The van der Waals surface area contributed by atoms with Crippen LogP contribution in [0.25, 0.3) is 0 Å². The zero-order valence-corrected chi connectivity index (χ0v) is 18.3. The van der Waals surface area contributed by atoms with Gasteiger partial charge in [-0.25, -0.2) is 8.42 Å². The van der Waals surface area contributed by atoms with E-state index in [4.69, 9.17) is 9.47 Å². The fourth-order valence-electron chi connectivity index (χ4n) is 4.46. The fraction of sp³-hybridized carbons (Fsp3) is 0.524. The van der Waals surface area contributed by atoms with E-state index in [1.807, 2.05) is 13.1 Å². The number of piperidine rings is 1. The largest absolute Gasteiger partial charge is 0.486 e. The van der Waals surface area contributed by atoms with Gasteiger partial charge < -0.3 is 14.4 Å². The summed E-state index contributed by atoms with van der Waals surface area (Å²) in [5.74, 6) is 1.18. The summed E-state index contributed by atoms with van der Waals surface area (Å²) in [6.45, 7) is 3.16. The Kier molecular flexibility index (Phi) is 5.13. The van der Waals surface area contributed by atoms with E-state index in [0.717, 1.165) is 25.2 Å². The van der Waals surface area contributed by atoms with Crippen LogP contribution in [0.4, 0.5) is 0 Å². The average molecular weight is 447 g/mol. The molecule has 0 radical (unpaired) electrons. The van der Waals surface area contributed by atoms with Gasteiger partial charge in [0.1, 0.15) is 18.9 Å². The number of carbonyl (C=O) groups is 1. The number of hydrogen-bond acceptors (Lipinski definition) is 6. The number of amides is 1. The molecule has 166 valence electrons. The molecule has 3 aliphatic rings. The number of aryl methyl sites for hydroxylation is 1. The molecule has 4 heterocycles. The van der Waals surface area contributed by atoms with Gasteiger partial charge in [-0.15, -0.1) is 0 Å². The number of fused-ring (bicyclic) bond motifs is 2. The first-order chi connectivity index (χ1) is 14.9. The van der Waals surface area contributed by atoms with E-state index in [0.29, 0.717) is 56.3 Å². The minimum atomic E-state index is -3.61. The van der Waals surface area contributed by atoms with Gasteiger partial charge in [-0.3, -0.25) is 9.48 Å². The molecule has 1 fully saturated rings. The maximum atomic E-state index is 13.2. The number of sulfonamides is 1. The van der Waals surface area contributed by atoms with Gasteiger partial charge in [0, 0.05) is 45.2 Å². The van der Waals surface area contributed by atoms with Crippen molar-refractivity contribution in [3.63, 3.8) is 0 Å². The Morgan fingerprint density at radius 3 is 2.52 bits per heavy atom. The standard InChI is InChI=1S/C21H26N4O5S/c1-23-7-2-8-25-18(21(23)26)14-17(22-25)15-5-9-24(10-6-15)31(27,28)16-3-4-19-20(13-16)30-12-11-29-19/h3-4,13-15H,2,5-12H2,1H3. The molecule has 0 unspecified atom stereocenters. The molecule has 9 nitrogen and oxygen atoms in total. The number of rotatable bonds is 3. The predicted molar refractivity (Wildman–Crippen MR) is 112 cm³/mol. The fourth-order valence-corrected chi connectivity index (χ4v) is 5.94. The van der Waals surface area contributed by atoms with Gasteiger partial charge in [-0.1, -0.05) is 0 Å². The van der Waals surface area contributed by atoms with Crippen molar-refractivity contribution in [3.8, 4) is 11.5 Å². The summed E-state index contributed by atoms with van der Waals surface area (Å²) in [7, 11) is -1.80. The molecule has 1 aromatic carbocycles. The van der Waals surface area contributed by atoms with E-state index in [9.17, 15) is 13.2 Å². The molecule has 0 aliphatic carbocycles. The van der Waals surface area contributed by atoms with Gasteiger partial charge >= 0.3 is 0 Å². The summed E-state index contributed by atoms with van der Waals surface area (Å²) in [5, 5.41) is 4.68. The van der Waals surface area contributed by atoms with Gasteiger partial charge in [0.05, 0.1) is 10.6 Å². The SMILES string of the molecule is CN1CCCn2nc(C3CCN(S(=O)(=O)c4ccc5c(c4)OCCO5)CC3)cc2C1=O. The molecule has 0 bridgehead atoms. The highest BCUT2D eigenvalue weighted by molar-refractivity contribution is 7.89.